The number of amides is 1. The SMILES string of the molecule is COCCNCC(=O)N1CCN(S(=O)(=O)N2CC(C)OC(C)C2)CC1. The van der Waals surface area contributed by atoms with Gasteiger partial charge in [0.15, 0.2) is 0 Å². The Labute approximate surface area is 150 Å². The second-order valence-electron chi connectivity index (χ2n) is 6.53. The van der Waals surface area contributed by atoms with Gasteiger partial charge in [0.1, 0.15) is 0 Å². The van der Waals surface area contributed by atoms with Gasteiger partial charge in [0.05, 0.1) is 25.4 Å². The van der Waals surface area contributed by atoms with Crippen molar-refractivity contribution in [1.82, 2.24) is 18.8 Å². The number of rotatable bonds is 7. The first-order chi connectivity index (χ1) is 11.8. The van der Waals surface area contributed by atoms with Crippen molar-refractivity contribution in [2.75, 3.05) is 66.1 Å². The highest BCUT2D eigenvalue weighted by Gasteiger charge is 2.37. The van der Waals surface area contributed by atoms with E-state index in [1.165, 1.54) is 8.61 Å². The van der Waals surface area contributed by atoms with Crippen LogP contribution in [0.3, 0.4) is 0 Å². The van der Waals surface area contributed by atoms with Crippen LogP contribution >= 0.6 is 0 Å². The zero-order valence-electron chi connectivity index (χ0n) is 15.3. The Hall–Kier alpha value is -0.780. The number of hydrogen-bond acceptors (Lipinski definition) is 6. The number of nitrogens with zero attached hydrogens (tertiary/aromatic N) is 3. The molecule has 2 aliphatic rings. The first-order valence-electron chi connectivity index (χ1n) is 8.72. The lowest BCUT2D eigenvalue weighted by Crippen LogP contribution is -2.58. The molecule has 2 saturated heterocycles. The van der Waals surface area contributed by atoms with E-state index in [1.54, 1.807) is 12.0 Å². The number of morpholine rings is 1. The summed E-state index contributed by atoms with van der Waals surface area (Å²) in [5.74, 6) is -0.0123. The lowest BCUT2D eigenvalue weighted by molar-refractivity contribution is -0.131. The van der Waals surface area contributed by atoms with Gasteiger partial charge in [-0.25, -0.2) is 0 Å². The van der Waals surface area contributed by atoms with Crippen LogP contribution in [0.2, 0.25) is 0 Å². The van der Waals surface area contributed by atoms with E-state index in [4.69, 9.17) is 9.47 Å². The van der Waals surface area contributed by atoms with Gasteiger partial charge in [0.2, 0.25) is 5.91 Å². The van der Waals surface area contributed by atoms with Crippen molar-refractivity contribution >= 4 is 16.1 Å². The minimum Gasteiger partial charge on any atom is -0.383 e. The summed E-state index contributed by atoms with van der Waals surface area (Å²) in [7, 11) is -1.90. The molecule has 0 aromatic rings. The van der Waals surface area contributed by atoms with Gasteiger partial charge in [0, 0.05) is 52.9 Å². The molecule has 2 fully saturated rings. The summed E-state index contributed by atoms with van der Waals surface area (Å²) in [6, 6.07) is 0. The van der Waals surface area contributed by atoms with E-state index in [0.29, 0.717) is 52.4 Å². The third-order valence-corrected chi connectivity index (χ3v) is 6.36. The Balaban J connectivity index is 1.83. The number of carbonyl (C=O) groups excluding carboxylic acids is 1. The fourth-order valence-corrected chi connectivity index (χ4v) is 4.88. The van der Waals surface area contributed by atoms with E-state index in [1.807, 2.05) is 13.8 Å². The maximum atomic E-state index is 12.8. The fraction of sp³-hybridized carbons (Fsp3) is 0.933. The zero-order chi connectivity index (χ0) is 18.4. The lowest BCUT2D eigenvalue weighted by atomic mass is 10.3. The molecule has 146 valence electrons. The first kappa shape index (κ1) is 20.5. The summed E-state index contributed by atoms with van der Waals surface area (Å²) in [6.45, 7) is 7.40. The highest BCUT2D eigenvalue weighted by molar-refractivity contribution is 7.86. The Kier molecular flexibility index (Phi) is 7.59. The molecule has 2 heterocycles. The molecule has 2 unspecified atom stereocenters. The Morgan fingerprint density at radius 3 is 2.28 bits per heavy atom. The second kappa shape index (κ2) is 9.24. The molecule has 2 atom stereocenters. The van der Waals surface area contributed by atoms with Crippen LogP contribution in [0.15, 0.2) is 0 Å². The third-order valence-electron chi connectivity index (χ3n) is 4.39. The zero-order valence-corrected chi connectivity index (χ0v) is 16.1. The number of carbonyl (C=O) groups is 1. The van der Waals surface area contributed by atoms with Gasteiger partial charge in [-0.3, -0.25) is 4.79 Å². The summed E-state index contributed by atoms with van der Waals surface area (Å²) in [4.78, 5) is 13.8. The number of piperazine rings is 1. The van der Waals surface area contributed by atoms with Crippen molar-refractivity contribution < 1.29 is 22.7 Å². The molecule has 2 rings (SSSR count). The molecule has 2 aliphatic heterocycles. The van der Waals surface area contributed by atoms with Crippen molar-refractivity contribution in [2.24, 2.45) is 0 Å². The summed E-state index contributed by atoms with van der Waals surface area (Å²) < 4.78 is 39.1. The Morgan fingerprint density at radius 2 is 1.72 bits per heavy atom. The van der Waals surface area contributed by atoms with Crippen molar-refractivity contribution in [2.45, 2.75) is 26.1 Å². The molecular weight excluding hydrogens is 348 g/mol. The molecule has 1 N–H and O–H groups in total. The Morgan fingerprint density at radius 1 is 1.12 bits per heavy atom. The van der Waals surface area contributed by atoms with Crippen molar-refractivity contribution in [3.63, 3.8) is 0 Å². The van der Waals surface area contributed by atoms with Gasteiger partial charge in [0.25, 0.3) is 10.2 Å². The molecule has 1 amide bonds. The Bertz CT molecular complexity index is 526. The van der Waals surface area contributed by atoms with Gasteiger partial charge in [-0.05, 0) is 13.8 Å². The monoisotopic (exact) mass is 378 g/mol. The third kappa shape index (κ3) is 5.60. The number of nitrogens with one attached hydrogen (secondary N) is 1. The van der Waals surface area contributed by atoms with Crippen LogP contribution in [0.5, 0.6) is 0 Å². The van der Waals surface area contributed by atoms with Crippen molar-refractivity contribution in [1.29, 1.82) is 0 Å². The van der Waals surface area contributed by atoms with E-state index in [2.05, 4.69) is 5.32 Å². The van der Waals surface area contributed by atoms with Crippen LogP contribution in [0, 0.1) is 0 Å². The van der Waals surface area contributed by atoms with E-state index in [9.17, 15) is 13.2 Å². The van der Waals surface area contributed by atoms with Gasteiger partial charge < -0.3 is 19.7 Å². The van der Waals surface area contributed by atoms with Crippen molar-refractivity contribution in [3.05, 3.63) is 0 Å². The largest absolute Gasteiger partial charge is 0.383 e. The predicted molar refractivity (Wildman–Crippen MR) is 93.4 cm³/mol. The molecule has 0 aliphatic carbocycles. The molecule has 9 nitrogen and oxygen atoms in total. The molecule has 0 radical (unpaired) electrons. The summed E-state index contributed by atoms with van der Waals surface area (Å²) in [5.41, 5.74) is 0. The van der Waals surface area contributed by atoms with Crippen LogP contribution in [-0.2, 0) is 24.5 Å². The number of methoxy groups -OCH3 is 1. The molecular formula is C15H30N4O5S. The lowest BCUT2D eigenvalue weighted by Gasteiger charge is -2.40. The number of hydrogen-bond donors (Lipinski definition) is 1. The van der Waals surface area contributed by atoms with Gasteiger partial charge in [-0.2, -0.15) is 17.0 Å². The van der Waals surface area contributed by atoms with Crippen molar-refractivity contribution in [3.8, 4) is 0 Å². The predicted octanol–water partition coefficient (Wildman–Crippen LogP) is -1.28. The van der Waals surface area contributed by atoms with Crippen LogP contribution in [-0.4, -0.2) is 106 Å². The minimum atomic E-state index is -3.51. The molecule has 0 aromatic heterocycles. The average molecular weight is 378 g/mol. The van der Waals surface area contributed by atoms with Crippen LogP contribution in [0.4, 0.5) is 0 Å². The number of ether oxygens (including phenoxy) is 2. The quantitative estimate of drug-likeness (QED) is 0.555. The second-order valence-corrected chi connectivity index (χ2v) is 8.46. The van der Waals surface area contributed by atoms with Crippen LogP contribution < -0.4 is 5.32 Å². The smallest absolute Gasteiger partial charge is 0.282 e. The van der Waals surface area contributed by atoms with Crippen LogP contribution in [0.25, 0.3) is 0 Å². The molecule has 0 saturated carbocycles. The average Bonchev–Trinajstić information content (AvgIpc) is 2.58. The topological polar surface area (TPSA) is 91.4 Å². The first-order valence-corrected chi connectivity index (χ1v) is 10.1. The van der Waals surface area contributed by atoms with Gasteiger partial charge in [-0.15, -0.1) is 0 Å². The van der Waals surface area contributed by atoms with E-state index >= 15 is 0 Å². The van der Waals surface area contributed by atoms with Crippen LogP contribution in [0.1, 0.15) is 13.8 Å². The summed E-state index contributed by atoms with van der Waals surface area (Å²) in [5, 5.41) is 3.02. The minimum absolute atomic E-state index is 0.0123. The normalized spacial score (nSPS) is 26.8. The standard InChI is InChI=1S/C15H30N4O5S/c1-13-11-19(12-14(2)24-13)25(21,22)18-7-5-17(6-8-18)15(20)10-16-4-9-23-3/h13-14,16H,4-12H2,1-3H3. The van der Waals surface area contributed by atoms with E-state index in [-0.39, 0.29) is 24.7 Å². The molecule has 0 aromatic carbocycles. The highest BCUT2D eigenvalue weighted by Crippen LogP contribution is 2.18. The summed E-state index contributed by atoms with van der Waals surface area (Å²) in [6.07, 6.45) is -0.223. The molecule has 0 bridgehead atoms. The molecule has 10 heteroatoms. The maximum absolute atomic E-state index is 12.8. The highest BCUT2D eigenvalue weighted by atomic mass is 32.2. The molecule has 0 spiro atoms. The van der Waals surface area contributed by atoms with E-state index < -0.39 is 10.2 Å². The fourth-order valence-electron chi connectivity index (χ4n) is 3.13. The summed E-state index contributed by atoms with van der Waals surface area (Å²) >= 11 is 0. The van der Waals surface area contributed by atoms with Gasteiger partial charge >= 0.3 is 0 Å². The molecule has 25 heavy (non-hydrogen) atoms. The van der Waals surface area contributed by atoms with E-state index in [0.717, 1.165) is 0 Å². The van der Waals surface area contributed by atoms with Gasteiger partial charge in [-0.1, -0.05) is 0 Å². The maximum Gasteiger partial charge on any atom is 0.282 e.